The van der Waals surface area contributed by atoms with Crippen LogP contribution in [-0.4, -0.2) is 19.8 Å². The Labute approximate surface area is 140 Å². The van der Waals surface area contributed by atoms with E-state index in [4.69, 9.17) is 23.2 Å². The Bertz CT molecular complexity index is 977. The number of aromatic nitrogens is 4. The van der Waals surface area contributed by atoms with Gasteiger partial charge in [-0.3, -0.25) is 0 Å². The van der Waals surface area contributed by atoms with Crippen molar-refractivity contribution in [2.45, 2.75) is 0 Å². The number of rotatable bonds is 2. The summed E-state index contributed by atoms with van der Waals surface area (Å²) in [7, 11) is 0. The average Bonchev–Trinajstić information content (AvgIpc) is 3.09. The topological polar surface area (TPSA) is 43.1 Å². The molecule has 108 valence electrons. The van der Waals surface area contributed by atoms with Crippen LogP contribution in [0.3, 0.4) is 0 Å². The van der Waals surface area contributed by atoms with Crippen LogP contribution in [0.2, 0.25) is 10.0 Å². The van der Waals surface area contributed by atoms with Crippen LogP contribution >= 0.6 is 34.5 Å². The van der Waals surface area contributed by atoms with E-state index in [0.29, 0.717) is 20.8 Å². The fourth-order valence-electron chi connectivity index (χ4n) is 2.17. The van der Waals surface area contributed by atoms with Gasteiger partial charge in [-0.25, -0.2) is 0 Å². The molecule has 0 aliphatic rings. The van der Waals surface area contributed by atoms with E-state index in [0.717, 1.165) is 16.1 Å². The van der Waals surface area contributed by atoms with Gasteiger partial charge in [0, 0.05) is 11.1 Å². The van der Waals surface area contributed by atoms with Crippen LogP contribution in [0.5, 0.6) is 0 Å². The molecular formula is C15H8Cl2N4S. The summed E-state index contributed by atoms with van der Waals surface area (Å²) < 4.78 is 1.70. The van der Waals surface area contributed by atoms with Crippen LogP contribution in [-0.2, 0) is 0 Å². The van der Waals surface area contributed by atoms with Gasteiger partial charge < -0.3 is 0 Å². The molecule has 4 rings (SSSR count). The van der Waals surface area contributed by atoms with Gasteiger partial charge >= 0.3 is 0 Å². The van der Waals surface area contributed by atoms with Crippen molar-refractivity contribution in [2.24, 2.45) is 0 Å². The molecule has 0 N–H and O–H groups in total. The zero-order chi connectivity index (χ0) is 15.1. The first-order valence-corrected chi connectivity index (χ1v) is 8.03. The maximum atomic E-state index is 6.24. The van der Waals surface area contributed by atoms with E-state index in [9.17, 15) is 0 Å². The molecule has 7 heteroatoms. The first kappa shape index (κ1) is 13.7. The summed E-state index contributed by atoms with van der Waals surface area (Å²) in [6, 6.07) is 15.1. The van der Waals surface area contributed by atoms with Gasteiger partial charge in [0.15, 0.2) is 5.82 Å². The van der Waals surface area contributed by atoms with E-state index in [-0.39, 0.29) is 0 Å². The maximum absolute atomic E-state index is 6.24. The Morgan fingerprint density at radius 1 is 0.818 bits per heavy atom. The molecule has 4 aromatic rings. The summed E-state index contributed by atoms with van der Waals surface area (Å²) in [5.74, 6) is 0.621. The van der Waals surface area contributed by atoms with Crippen LogP contribution in [0.25, 0.3) is 26.9 Å². The molecule has 0 amide bonds. The summed E-state index contributed by atoms with van der Waals surface area (Å²) >= 11 is 13.9. The lowest BCUT2D eigenvalue weighted by molar-refractivity contribution is 0.971. The van der Waals surface area contributed by atoms with Gasteiger partial charge in [0.2, 0.25) is 4.96 Å². The first-order valence-electron chi connectivity index (χ1n) is 6.46. The number of hydrogen-bond donors (Lipinski definition) is 0. The van der Waals surface area contributed by atoms with Gasteiger partial charge in [-0.1, -0.05) is 64.9 Å². The van der Waals surface area contributed by atoms with E-state index in [1.165, 1.54) is 11.3 Å². The molecule has 0 spiro atoms. The third-order valence-electron chi connectivity index (χ3n) is 3.21. The third-order valence-corrected chi connectivity index (χ3v) is 4.80. The van der Waals surface area contributed by atoms with E-state index in [1.54, 1.807) is 4.52 Å². The Hall–Kier alpha value is -1.95. The van der Waals surface area contributed by atoms with E-state index < -0.39 is 0 Å². The summed E-state index contributed by atoms with van der Waals surface area (Å²) in [5.41, 5.74) is 1.68. The summed E-state index contributed by atoms with van der Waals surface area (Å²) in [4.78, 5) is 0.699. The standard InChI is InChI=1S/C15H8Cl2N4S/c16-11-7-3-1-5-9(11)13-18-19-15-21(13)20-14(22-15)10-6-2-4-8-12(10)17/h1-8H. The van der Waals surface area contributed by atoms with Crippen molar-refractivity contribution in [2.75, 3.05) is 0 Å². The lowest BCUT2D eigenvalue weighted by Gasteiger charge is -2.00. The van der Waals surface area contributed by atoms with Crippen molar-refractivity contribution >= 4 is 39.5 Å². The fraction of sp³-hybridized carbons (Fsp3) is 0. The van der Waals surface area contributed by atoms with Gasteiger partial charge in [-0.15, -0.1) is 10.2 Å². The van der Waals surface area contributed by atoms with Crippen molar-refractivity contribution < 1.29 is 0 Å². The maximum Gasteiger partial charge on any atom is 0.235 e. The molecule has 2 heterocycles. The molecule has 0 saturated carbocycles. The Kier molecular flexibility index (Phi) is 3.33. The molecule has 2 aromatic carbocycles. The minimum absolute atomic E-state index is 0.615. The molecule has 0 aliphatic carbocycles. The number of halogens is 2. The Morgan fingerprint density at radius 3 is 2.14 bits per heavy atom. The SMILES string of the molecule is Clc1ccccc1-c1nn2c(-c3ccccc3Cl)nnc2s1. The summed E-state index contributed by atoms with van der Waals surface area (Å²) in [6.07, 6.45) is 0. The molecule has 0 fully saturated rings. The second-order valence-corrected chi connectivity index (χ2v) is 6.36. The van der Waals surface area contributed by atoms with Crippen LogP contribution in [0.4, 0.5) is 0 Å². The van der Waals surface area contributed by atoms with Crippen LogP contribution in [0.15, 0.2) is 48.5 Å². The van der Waals surface area contributed by atoms with Gasteiger partial charge in [0.25, 0.3) is 0 Å². The zero-order valence-electron chi connectivity index (χ0n) is 11.1. The zero-order valence-corrected chi connectivity index (χ0v) is 13.4. The lowest BCUT2D eigenvalue weighted by atomic mass is 10.2. The van der Waals surface area contributed by atoms with Gasteiger partial charge in [0.1, 0.15) is 5.01 Å². The molecule has 0 saturated heterocycles. The number of fused-ring (bicyclic) bond motifs is 1. The normalized spacial score (nSPS) is 11.2. The summed E-state index contributed by atoms with van der Waals surface area (Å²) in [5, 5.41) is 15.0. The number of hydrogen-bond acceptors (Lipinski definition) is 4. The Balaban J connectivity index is 1.91. The van der Waals surface area contributed by atoms with Crippen molar-refractivity contribution in [1.29, 1.82) is 0 Å². The van der Waals surface area contributed by atoms with Gasteiger partial charge in [-0.05, 0) is 18.2 Å². The highest BCUT2D eigenvalue weighted by Crippen LogP contribution is 2.33. The molecule has 0 aliphatic heterocycles. The van der Waals surface area contributed by atoms with Crippen LogP contribution < -0.4 is 0 Å². The highest BCUT2D eigenvalue weighted by atomic mass is 35.5. The third kappa shape index (κ3) is 2.18. The van der Waals surface area contributed by atoms with Gasteiger partial charge in [-0.2, -0.15) is 9.61 Å². The minimum Gasteiger partial charge on any atom is -0.182 e. The summed E-state index contributed by atoms with van der Waals surface area (Å²) in [6.45, 7) is 0. The van der Waals surface area contributed by atoms with Gasteiger partial charge in [0.05, 0.1) is 10.0 Å². The molecule has 22 heavy (non-hydrogen) atoms. The molecule has 0 unspecified atom stereocenters. The highest BCUT2D eigenvalue weighted by Gasteiger charge is 2.17. The van der Waals surface area contributed by atoms with E-state index in [1.807, 2.05) is 48.5 Å². The fourth-order valence-corrected chi connectivity index (χ4v) is 3.55. The van der Waals surface area contributed by atoms with Crippen molar-refractivity contribution in [3.63, 3.8) is 0 Å². The molecular weight excluding hydrogens is 339 g/mol. The minimum atomic E-state index is 0.615. The predicted molar refractivity (Wildman–Crippen MR) is 89.6 cm³/mol. The van der Waals surface area contributed by atoms with Crippen molar-refractivity contribution in [1.82, 2.24) is 19.8 Å². The molecule has 0 atom stereocenters. The second-order valence-electron chi connectivity index (χ2n) is 4.58. The molecule has 2 aromatic heterocycles. The number of benzene rings is 2. The smallest absolute Gasteiger partial charge is 0.182 e. The highest BCUT2D eigenvalue weighted by molar-refractivity contribution is 7.19. The number of nitrogens with zero attached hydrogens (tertiary/aromatic N) is 4. The average molecular weight is 347 g/mol. The van der Waals surface area contributed by atoms with Crippen LogP contribution in [0, 0.1) is 0 Å². The predicted octanol–water partition coefficient (Wildman–Crippen LogP) is 4.83. The second kappa shape index (κ2) is 5.35. The molecule has 0 bridgehead atoms. The monoisotopic (exact) mass is 346 g/mol. The molecule has 0 radical (unpaired) electrons. The quantitative estimate of drug-likeness (QED) is 0.522. The van der Waals surface area contributed by atoms with Crippen LogP contribution in [0.1, 0.15) is 0 Å². The Morgan fingerprint density at radius 2 is 1.45 bits per heavy atom. The molecule has 4 nitrogen and oxygen atoms in total. The van der Waals surface area contributed by atoms with E-state index in [2.05, 4.69) is 15.3 Å². The first-order chi connectivity index (χ1) is 10.7. The lowest BCUT2D eigenvalue weighted by Crippen LogP contribution is -1.91. The van der Waals surface area contributed by atoms with Crippen molar-refractivity contribution in [3.05, 3.63) is 58.6 Å². The van der Waals surface area contributed by atoms with E-state index >= 15 is 0 Å². The van der Waals surface area contributed by atoms with Crippen molar-refractivity contribution in [3.8, 4) is 22.0 Å². The largest absolute Gasteiger partial charge is 0.235 e.